The fourth-order valence-electron chi connectivity index (χ4n) is 3.88. The molecule has 0 radical (unpaired) electrons. The number of para-hydroxylation sites is 2. The Hall–Kier alpha value is -2.62. The fraction of sp³-hybridized carbons (Fsp3) is 0.333. The Morgan fingerprint density at radius 3 is 2.52 bits per heavy atom. The number of benzene rings is 2. The van der Waals surface area contributed by atoms with Gasteiger partial charge in [0.05, 0.1) is 22.8 Å². The first kappa shape index (κ1) is 15.9. The second kappa shape index (κ2) is 7.09. The van der Waals surface area contributed by atoms with Crippen molar-refractivity contribution in [1.82, 2.24) is 9.55 Å². The van der Waals surface area contributed by atoms with E-state index in [4.69, 9.17) is 4.98 Å². The van der Waals surface area contributed by atoms with Crippen LogP contribution in [0.25, 0.3) is 22.4 Å². The molecule has 128 valence electrons. The third-order valence-electron chi connectivity index (χ3n) is 5.11. The van der Waals surface area contributed by atoms with E-state index < -0.39 is 0 Å². The molecule has 4 nitrogen and oxygen atoms in total. The van der Waals surface area contributed by atoms with Crippen LogP contribution in [0.5, 0.6) is 0 Å². The van der Waals surface area contributed by atoms with Crippen molar-refractivity contribution in [2.24, 2.45) is 5.16 Å². The van der Waals surface area contributed by atoms with Crippen LogP contribution in [0.2, 0.25) is 0 Å². The topological polar surface area (TPSA) is 50.4 Å². The summed E-state index contributed by atoms with van der Waals surface area (Å²) in [4.78, 5) is 4.91. The van der Waals surface area contributed by atoms with Gasteiger partial charge in [0.2, 0.25) is 0 Å². The third-order valence-corrected chi connectivity index (χ3v) is 5.11. The maximum absolute atomic E-state index is 9.66. The van der Waals surface area contributed by atoms with E-state index in [-0.39, 0.29) is 6.04 Å². The molecule has 1 aromatic heterocycles. The molecule has 1 heterocycles. The van der Waals surface area contributed by atoms with Gasteiger partial charge in [-0.15, -0.1) is 0 Å². The second-order valence-corrected chi connectivity index (χ2v) is 6.72. The number of hydrogen-bond acceptors (Lipinski definition) is 3. The van der Waals surface area contributed by atoms with Crippen LogP contribution >= 0.6 is 0 Å². The maximum atomic E-state index is 9.66. The van der Waals surface area contributed by atoms with Crippen molar-refractivity contribution < 1.29 is 5.21 Å². The van der Waals surface area contributed by atoms with Crippen molar-refractivity contribution in [2.45, 2.75) is 44.6 Å². The molecule has 0 bridgehead atoms. The minimum Gasteiger partial charge on any atom is -0.411 e. The van der Waals surface area contributed by atoms with Gasteiger partial charge in [-0.2, -0.15) is 0 Å². The van der Waals surface area contributed by atoms with Crippen LogP contribution < -0.4 is 0 Å². The first-order valence-electron chi connectivity index (χ1n) is 9.11. The maximum Gasteiger partial charge on any atom is 0.141 e. The molecular weight excluding hydrogens is 310 g/mol. The largest absolute Gasteiger partial charge is 0.411 e. The molecule has 0 saturated heterocycles. The Kier molecular flexibility index (Phi) is 4.51. The van der Waals surface area contributed by atoms with E-state index in [0.29, 0.717) is 0 Å². The zero-order valence-corrected chi connectivity index (χ0v) is 14.3. The SMILES string of the molecule is O/N=C1\CCCCCCC1n1c(-c2ccccc2)nc2ccccc21. The standard InChI is InChI=1S/C21H23N3O/c25-23-18-13-6-1-2-7-14-20(18)24-19-15-9-8-12-17(19)22-21(24)16-10-4-3-5-11-16/h3-5,8-12,15,20,25H,1-2,6-7,13-14H2/b23-18+. The molecule has 2 aromatic carbocycles. The quantitative estimate of drug-likeness (QED) is 0.502. The van der Waals surface area contributed by atoms with Crippen molar-refractivity contribution >= 4 is 16.7 Å². The zero-order valence-electron chi connectivity index (χ0n) is 14.3. The first-order chi connectivity index (χ1) is 12.4. The van der Waals surface area contributed by atoms with E-state index in [0.717, 1.165) is 53.8 Å². The van der Waals surface area contributed by atoms with Crippen molar-refractivity contribution in [3.63, 3.8) is 0 Å². The molecule has 4 heteroatoms. The molecule has 4 rings (SSSR count). The van der Waals surface area contributed by atoms with Crippen LogP contribution in [0.3, 0.4) is 0 Å². The van der Waals surface area contributed by atoms with Crippen LogP contribution in [0.4, 0.5) is 0 Å². The number of oxime groups is 1. The molecule has 1 fully saturated rings. The highest BCUT2D eigenvalue weighted by molar-refractivity contribution is 5.91. The molecule has 1 aliphatic rings. The van der Waals surface area contributed by atoms with Crippen LogP contribution in [0.15, 0.2) is 59.8 Å². The van der Waals surface area contributed by atoms with Crippen molar-refractivity contribution in [3.8, 4) is 11.4 Å². The predicted octanol–water partition coefficient (Wildman–Crippen LogP) is 5.43. The molecule has 0 amide bonds. The summed E-state index contributed by atoms with van der Waals surface area (Å²) in [7, 11) is 0. The van der Waals surface area contributed by atoms with E-state index in [1.807, 2.05) is 30.3 Å². The zero-order chi connectivity index (χ0) is 17.1. The molecule has 3 aromatic rings. The fourth-order valence-corrected chi connectivity index (χ4v) is 3.88. The summed E-state index contributed by atoms with van der Waals surface area (Å²) in [5.41, 5.74) is 4.06. The number of hydrogen-bond donors (Lipinski definition) is 1. The predicted molar refractivity (Wildman–Crippen MR) is 101 cm³/mol. The number of nitrogens with zero attached hydrogens (tertiary/aromatic N) is 3. The Morgan fingerprint density at radius 1 is 0.920 bits per heavy atom. The van der Waals surface area contributed by atoms with Crippen molar-refractivity contribution in [3.05, 3.63) is 54.6 Å². The minimum absolute atomic E-state index is 0.0629. The van der Waals surface area contributed by atoms with Crippen LogP contribution in [0, 0.1) is 0 Å². The number of rotatable bonds is 2. The molecule has 1 saturated carbocycles. The van der Waals surface area contributed by atoms with Gasteiger partial charge in [0.15, 0.2) is 0 Å². The summed E-state index contributed by atoms with van der Waals surface area (Å²) in [6.45, 7) is 0. The summed E-state index contributed by atoms with van der Waals surface area (Å²) < 4.78 is 2.28. The van der Waals surface area contributed by atoms with E-state index >= 15 is 0 Å². The van der Waals surface area contributed by atoms with Gasteiger partial charge in [-0.3, -0.25) is 0 Å². The lowest BCUT2D eigenvalue weighted by atomic mass is 9.94. The Balaban J connectivity index is 1.92. The van der Waals surface area contributed by atoms with Gasteiger partial charge in [0, 0.05) is 5.56 Å². The molecule has 0 aliphatic heterocycles. The van der Waals surface area contributed by atoms with Crippen LogP contribution in [-0.4, -0.2) is 20.5 Å². The molecule has 1 atom stereocenters. The summed E-state index contributed by atoms with van der Waals surface area (Å²) >= 11 is 0. The monoisotopic (exact) mass is 333 g/mol. The lowest BCUT2D eigenvalue weighted by Crippen LogP contribution is -2.22. The number of aromatic nitrogens is 2. The van der Waals surface area contributed by atoms with E-state index in [1.54, 1.807) is 0 Å². The van der Waals surface area contributed by atoms with Crippen LogP contribution in [-0.2, 0) is 0 Å². The second-order valence-electron chi connectivity index (χ2n) is 6.72. The van der Waals surface area contributed by atoms with Crippen LogP contribution in [0.1, 0.15) is 44.6 Å². The summed E-state index contributed by atoms with van der Waals surface area (Å²) in [6.07, 6.45) is 6.51. The lowest BCUT2D eigenvalue weighted by molar-refractivity contribution is 0.310. The van der Waals surface area contributed by atoms with Gasteiger partial charge in [-0.1, -0.05) is 66.9 Å². The normalized spacial score (nSPS) is 20.5. The van der Waals surface area contributed by atoms with E-state index in [2.05, 4.69) is 34.0 Å². The Morgan fingerprint density at radius 2 is 1.68 bits per heavy atom. The minimum atomic E-state index is 0.0629. The van der Waals surface area contributed by atoms with Gasteiger partial charge >= 0.3 is 0 Å². The first-order valence-corrected chi connectivity index (χ1v) is 9.11. The molecule has 1 unspecified atom stereocenters. The van der Waals surface area contributed by atoms with Gasteiger partial charge in [0.25, 0.3) is 0 Å². The van der Waals surface area contributed by atoms with Gasteiger partial charge < -0.3 is 9.77 Å². The summed E-state index contributed by atoms with van der Waals surface area (Å²) in [5.74, 6) is 0.952. The van der Waals surface area contributed by atoms with Gasteiger partial charge in [-0.05, 0) is 31.4 Å². The lowest BCUT2D eigenvalue weighted by Gasteiger charge is -2.25. The average Bonchev–Trinajstić information content (AvgIpc) is 3.02. The smallest absolute Gasteiger partial charge is 0.141 e. The highest BCUT2D eigenvalue weighted by Crippen LogP contribution is 2.33. The highest BCUT2D eigenvalue weighted by Gasteiger charge is 2.25. The van der Waals surface area contributed by atoms with E-state index in [9.17, 15) is 5.21 Å². The third kappa shape index (κ3) is 3.04. The average molecular weight is 333 g/mol. The van der Waals surface area contributed by atoms with Crippen molar-refractivity contribution in [2.75, 3.05) is 0 Å². The molecule has 1 N–H and O–H groups in total. The number of imidazole rings is 1. The van der Waals surface area contributed by atoms with Crippen molar-refractivity contribution in [1.29, 1.82) is 0 Å². The highest BCUT2D eigenvalue weighted by atomic mass is 16.4. The Labute approximate surface area is 147 Å². The molecule has 25 heavy (non-hydrogen) atoms. The van der Waals surface area contributed by atoms with E-state index in [1.165, 1.54) is 12.8 Å². The summed E-state index contributed by atoms with van der Waals surface area (Å²) in [6, 6.07) is 18.6. The molecule has 0 spiro atoms. The molecule has 1 aliphatic carbocycles. The number of fused-ring (bicyclic) bond motifs is 1. The van der Waals surface area contributed by atoms with Gasteiger partial charge in [-0.25, -0.2) is 4.98 Å². The molecular formula is C21H23N3O. The Bertz CT molecular complexity index is 883. The summed E-state index contributed by atoms with van der Waals surface area (Å²) in [5, 5.41) is 13.4. The van der Waals surface area contributed by atoms with Gasteiger partial charge in [0.1, 0.15) is 5.82 Å².